The summed E-state index contributed by atoms with van der Waals surface area (Å²) in [6.45, 7) is 5.05. The molecule has 2 aliphatic rings. The maximum atomic E-state index is 12.4. The van der Waals surface area contributed by atoms with Crippen LogP contribution in [0.15, 0.2) is 42.9 Å². The SMILES string of the molecule is O=C1c2ccccc2C(=O)N1CCCN1CCN(c2cnccn2)CC1. The van der Waals surface area contributed by atoms with Gasteiger partial charge in [-0.05, 0) is 25.1 Å². The second-order valence-electron chi connectivity index (χ2n) is 6.55. The molecule has 26 heavy (non-hydrogen) atoms. The Hall–Kier alpha value is -2.80. The molecule has 0 spiro atoms. The van der Waals surface area contributed by atoms with Crippen LogP contribution >= 0.6 is 0 Å². The molecule has 0 unspecified atom stereocenters. The Morgan fingerprint density at radius 3 is 2.19 bits per heavy atom. The molecule has 7 nitrogen and oxygen atoms in total. The standard InChI is InChI=1S/C19H21N5O2/c25-18-15-4-1-2-5-16(15)19(26)24(18)9-3-8-22-10-12-23(13-11-22)17-14-20-6-7-21-17/h1-2,4-7,14H,3,8-13H2. The van der Waals surface area contributed by atoms with E-state index in [2.05, 4.69) is 19.8 Å². The highest BCUT2D eigenvalue weighted by atomic mass is 16.2. The van der Waals surface area contributed by atoms with Gasteiger partial charge >= 0.3 is 0 Å². The van der Waals surface area contributed by atoms with Gasteiger partial charge in [-0.25, -0.2) is 4.98 Å². The molecule has 1 aromatic heterocycles. The fourth-order valence-corrected chi connectivity index (χ4v) is 3.55. The van der Waals surface area contributed by atoms with Gasteiger partial charge in [-0.2, -0.15) is 0 Å². The number of amides is 2. The van der Waals surface area contributed by atoms with Crippen LogP contribution in [0.3, 0.4) is 0 Å². The average molecular weight is 351 g/mol. The van der Waals surface area contributed by atoms with Crippen LogP contribution in [-0.2, 0) is 0 Å². The van der Waals surface area contributed by atoms with Gasteiger partial charge in [0.15, 0.2) is 0 Å². The Kier molecular flexibility index (Phi) is 4.62. The largest absolute Gasteiger partial charge is 0.353 e. The maximum absolute atomic E-state index is 12.4. The van der Waals surface area contributed by atoms with E-state index in [0.717, 1.165) is 45.0 Å². The molecule has 0 bridgehead atoms. The van der Waals surface area contributed by atoms with E-state index < -0.39 is 0 Å². The van der Waals surface area contributed by atoms with Crippen molar-refractivity contribution in [1.82, 2.24) is 19.8 Å². The number of hydrogen-bond donors (Lipinski definition) is 0. The summed E-state index contributed by atoms with van der Waals surface area (Å²) < 4.78 is 0. The molecule has 1 aromatic carbocycles. The highest BCUT2D eigenvalue weighted by Crippen LogP contribution is 2.22. The molecule has 0 aliphatic carbocycles. The molecule has 0 atom stereocenters. The minimum atomic E-state index is -0.168. The third-order valence-corrected chi connectivity index (χ3v) is 4.98. The Balaban J connectivity index is 1.25. The highest BCUT2D eigenvalue weighted by Gasteiger charge is 2.34. The summed E-state index contributed by atoms with van der Waals surface area (Å²) >= 11 is 0. The molecule has 4 rings (SSSR count). The monoisotopic (exact) mass is 351 g/mol. The van der Waals surface area contributed by atoms with Gasteiger partial charge in [0.25, 0.3) is 11.8 Å². The summed E-state index contributed by atoms with van der Waals surface area (Å²) in [6, 6.07) is 7.04. The molecule has 0 saturated carbocycles. The number of nitrogens with zero attached hydrogens (tertiary/aromatic N) is 5. The number of fused-ring (bicyclic) bond motifs is 1. The predicted molar refractivity (Wildman–Crippen MR) is 97.1 cm³/mol. The summed E-state index contributed by atoms with van der Waals surface area (Å²) in [4.78, 5) is 39.2. The van der Waals surface area contributed by atoms with E-state index in [9.17, 15) is 9.59 Å². The Morgan fingerprint density at radius 2 is 1.58 bits per heavy atom. The lowest BCUT2D eigenvalue weighted by molar-refractivity contribution is 0.0647. The van der Waals surface area contributed by atoms with Crippen molar-refractivity contribution in [2.45, 2.75) is 6.42 Å². The molecule has 7 heteroatoms. The zero-order chi connectivity index (χ0) is 17.9. The Labute approximate surface area is 152 Å². The number of carbonyl (C=O) groups is 2. The van der Waals surface area contributed by atoms with Crippen molar-refractivity contribution in [3.8, 4) is 0 Å². The van der Waals surface area contributed by atoms with Gasteiger partial charge in [-0.1, -0.05) is 12.1 Å². The Morgan fingerprint density at radius 1 is 0.885 bits per heavy atom. The zero-order valence-electron chi connectivity index (χ0n) is 14.5. The number of piperazine rings is 1. The first-order valence-corrected chi connectivity index (χ1v) is 8.92. The molecule has 1 fully saturated rings. The lowest BCUT2D eigenvalue weighted by atomic mass is 10.1. The van der Waals surface area contributed by atoms with Gasteiger partial charge < -0.3 is 4.90 Å². The second kappa shape index (κ2) is 7.21. The highest BCUT2D eigenvalue weighted by molar-refractivity contribution is 6.21. The van der Waals surface area contributed by atoms with E-state index in [4.69, 9.17) is 0 Å². The van der Waals surface area contributed by atoms with Gasteiger partial charge in [-0.3, -0.25) is 24.4 Å². The minimum Gasteiger partial charge on any atom is -0.353 e. The minimum absolute atomic E-state index is 0.168. The van der Waals surface area contributed by atoms with Crippen molar-refractivity contribution in [1.29, 1.82) is 0 Å². The van der Waals surface area contributed by atoms with Gasteiger partial charge in [0, 0.05) is 45.1 Å². The van der Waals surface area contributed by atoms with E-state index in [1.165, 1.54) is 4.90 Å². The number of hydrogen-bond acceptors (Lipinski definition) is 6. The van der Waals surface area contributed by atoms with Crippen molar-refractivity contribution < 1.29 is 9.59 Å². The third-order valence-electron chi connectivity index (χ3n) is 4.98. The van der Waals surface area contributed by atoms with Crippen molar-refractivity contribution in [3.05, 3.63) is 54.0 Å². The summed E-state index contributed by atoms with van der Waals surface area (Å²) in [5.74, 6) is 0.578. The molecule has 0 N–H and O–H groups in total. The summed E-state index contributed by atoms with van der Waals surface area (Å²) in [7, 11) is 0. The molecule has 0 radical (unpaired) electrons. The van der Waals surface area contributed by atoms with Crippen molar-refractivity contribution in [3.63, 3.8) is 0 Å². The number of benzene rings is 1. The number of carbonyl (C=O) groups excluding carboxylic acids is 2. The van der Waals surface area contributed by atoms with E-state index in [1.54, 1.807) is 42.9 Å². The summed E-state index contributed by atoms with van der Waals surface area (Å²) in [5, 5.41) is 0. The second-order valence-corrected chi connectivity index (χ2v) is 6.55. The van der Waals surface area contributed by atoms with Gasteiger partial charge in [-0.15, -0.1) is 0 Å². The lowest BCUT2D eigenvalue weighted by Crippen LogP contribution is -2.47. The zero-order valence-corrected chi connectivity index (χ0v) is 14.5. The van der Waals surface area contributed by atoms with Crippen LogP contribution in [0, 0.1) is 0 Å². The van der Waals surface area contributed by atoms with Crippen LogP contribution in [0.5, 0.6) is 0 Å². The molecule has 2 amide bonds. The fourth-order valence-electron chi connectivity index (χ4n) is 3.55. The molecule has 2 aliphatic heterocycles. The van der Waals surface area contributed by atoms with Crippen LogP contribution < -0.4 is 4.90 Å². The van der Waals surface area contributed by atoms with Crippen LogP contribution in [-0.4, -0.2) is 70.9 Å². The van der Waals surface area contributed by atoms with Crippen LogP contribution in [0.1, 0.15) is 27.1 Å². The van der Waals surface area contributed by atoms with Gasteiger partial charge in [0.05, 0.1) is 17.3 Å². The van der Waals surface area contributed by atoms with Crippen molar-refractivity contribution in [2.75, 3.05) is 44.2 Å². The molecule has 134 valence electrons. The molecule has 1 saturated heterocycles. The van der Waals surface area contributed by atoms with Crippen molar-refractivity contribution >= 4 is 17.6 Å². The van der Waals surface area contributed by atoms with Crippen LogP contribution in [0.25, 0.3) is 0 Å². The Bertz CT molecular complexity index is 768. The molecular weight excluding hydrogens is 330 g/mol. The molecule has 3 heterocycles. The first-order valence-electron chi connectivity index (χ1n) is 8.92. The number of imide groups is 1. The van der Waals surface area contributed by atoms with E-state index in [0.29, 0.717) is 17.7 Å². The third kappa shape index (κ3) is 3.17. The predicted octanol–water partition coefficient (Wildman–Crippen LogP) is 1.28. The smallest absolute Gasteiger partial charge is 0.261 e. The number of rotatable bonds is 5. The average Bonchev–Trinajstić information content (AvgIpc) is 2.94. The number of aromatic nitrogens is 2. The van der Waals surface area contributed by atoms with E-state index in [-0.39, 0.29) is 11.8 Å². The summed E-state index contributed by atoms with van der Waals surface area (Å²) in [5.41, 5.74) is 1.05. The quantitative estimate of drug-likeness (QED) is 0.756. The molecule has 2 aromatic rings. The van der Waals surface area contributed by atoms with E-state index >= 15 is 0 Å². The van der Waals surface area contributed by atoms with Crippen LogP contribution in [0.2, 0.25) is 0 Å². The lowest BCUT2D eigenvalue weighted by Gasteiger charge is -2.35. The van der Waals surface area contributed by atoms with Crippen molar-refractivity contribution in [2.24, 2.45) is 0 Å². The topological polar surface area (TPSA) is 69.6 Å². The first-order chi connectivity index (χ1) is 12.7. The normalized spacial score (nSPS) is 17.7. The van der Waals surface area contributed by atoms with Gasteiger partial charge in [0.2, 0.25) is 0 Å². The van der Waals surface area contributed by atoms with E-state index in [1.807, 2.05) is 0 Å². The van der Waals surface area contributed by atoms with Gasteiger partial charge in [0.1, 0.15) is 5.82 Å². The summed E-state index contributed by atoms with van der Waals surface area (Å²) in [6.07, 6.45) is 5.97. The maximum Gasteiger partial charge on any atom is 0.261 e. The number of anilines is 1. The molecular formula is C19H21N5O2. The van der Waals surface area contributed by atoms with Crippen LogP contribution in [0.4, 0.5) is 5.82 Å². The fraction of sp³-hybridized carbons (Fsp3) is 0.368. The first kappa shape index (κ1) is 16.7.